The Bertz CT molecular complexity index is 601. The first-order valence-corrected chi connectivity index (χ1v) is 5.72. The predicted molar refractivity (Wildman–Crippen MR) is 71.0 cm³/mol. The molecular weight excluding hydrogens is 248 g/mol. The number of halogens is 1. The lowest BCUT2D eigenvalue weighted by Crippen LogP contribution is -2.13. The smallest absolute Gasteiger partial charge is 0.224 e. The lowest BCUT2D eigenvalue weighted by atomic mass is 10.2. The van der Waals surface area contributed by atoms with Crippen molar-refractivity contribution in [1.29, 1.82) is 5.26 Å². The van der Waals surface area contributed by atoms with Gasteiger partial charge in [0, 0.05) is 24.5 Å². The van der Waals surface area contributed by atoms with Gasteiger partial charge in [-0.25, -0.2) is 4.98 Å². The van der Waals surface area contributed by atoms with Crippen LogP contribution in [0.25, 0.3) is 0 Å². The molecule has 0 saturated carbocycles. The fourth-order valence-electron chi connectivity index (χ4n) is 1.63. The third-order valence-electron chi connectivity index (χ3n) is 2.62. The molecule has 0 bridgehead atoms. The second-order valence-corrected chi connectivity index (χ2v) is 4.20. The van der Waals surface area contributed by atoms with E-state index in [0.29, 0.717) is 5.56 Å². The van der Waals surface area contributed by atoms with Crippen LogP contribution in [-0.4, -0.2) is 17.0 Å². The van der Waals surface area contributed by atoms with Crippen LogP contribution in [0, 0.1) is 18.3 Å². The first kappa shape index (κ1) is 12.3. The van der Waals surface area contributed by atoms with Crippen molar-refractivity contribution in [1.82, 2.24) is 9.97 Å². The van der Waals surface area contributed by atoms with Gasteiger partial charge in [0.25, 0.3) is 0 Å². The molecule has 2 aromatic rings. The van der Waals surface area contributed by atoms with Gasteiger partial charge in [-0.2, -0.15) is 10.2 Å². The van der Waals surface area contributed by atoms with Crippen molar-refractivity contribution in [3.63, 3.8) is 0 Å². The van der Waals surface area contributed by atoms with Gasteiger partial charge in [-0.1, -0.05) is 0 Å². The topological polar surface area (TPSA) is 52.8 Å². The second kappa shape index (κ2) is 5.03. The van der Waals surface area contributed by atoms with Crippen molar-refractivity contribution in [2.24, 2.45) is 0 Å². The molecule has 4 nitrogen and oxygen atoms in total. The van der Waals surface area contributed by atoms with E-state index >= 15 is 0 Å². The number of benzene rings is 1. The van der Waals surface area contributed by atoms with Crippen molar-refractivity contribution >= 4 is 23.1 Å². The van der Waals surface area contributed by atoms with Crippen LogP contribution in [0.15, 0.2) is 30.5 Å². The van der Waals surface area contributed by atoms with E-state index < -0.39 is 0 Å². The quantitative estimate of drug-likeness (QED) is 0.777. The maximum Gasteiger partial charge on any atom is 0.224 e. The van der Waals surface area contributed by atoms with Gasteiger partial charge in [0.1, 0.15) is 5.82 Å². The Hall–Kier alpha value is -2.12. The van der Waals surface area contributed by atoms with Gasteiger partial charge in [-0.3, -0.25) is 0 Å². The molecule has 1 aromatic heterocycles. The van der Waals surface area contributed by atoms with Crippen LogP contribution in [0.4, 0.5) is 11.5 Å². The minimum absolute atomic E-state index is 0.219. The van der Waals surface area contributed by atoms with E-state index in [1.165, 1.54) is 0 Å². The molecule has 2 rings (SSSR count). The molecule has 1 aromatic carbocycles. The summed E-state index contributed by atoms with van der Waals surface area (Å²) in [7, 11) is 1.90. The van der Waals surface area contributed by atoms with E-state index in [4.69, 9.17) is 16.9 Å². The van der Waals surface area contributed by atoms with Gasteiger partial charge in [0.15, 0.2) is 0 Å². The molecule has 18 heavy (non-hydrogen) atoms. The number of nitriles is 1. The Balaban J connectivity index is 2.38. The van der Waals surface area contributed by atoms with E-state index in [9.17, 15) is 0 Å². The van der Waals surface area contributed by atoms with E-state index in [1.807, 2.05) is 31.0 Å². The summed E-state index contributed by atoms with van der Waals surface area (Å²) in [5, 5.41) is 8.98. The Kier molecular flexibility index (Phi) is 3.45. The molecule has 1 heterocycles. The highest BCUT2D eigenvalue weighted by molar-refractivity contribution is 6.28. The lowest BCUT2D eigenvalue weighted by molar-refractivity contribution is 1.05. The van der Waals surface area contributed by atoms with Crippen LogP contribution in [-0.2, 0) is 0 Å². The van der Waals surface area contributed by atoms with Gasteiger partial charge in [0.2, 0.25) is 5.28 Å². The van der Waals surface area contributed by atoms with Crippen LogP contribution in [0.3, 0.4) is 0 Å². The number of nitrogens with zero attached hydrogens (tertiary/aromatic N) is 4. The average Bonchev–Trinajstić information content (AvgIpc) is 2.41. The van der Waals surface area contributed by atoms with E-state index in [2.05, 4.69) is 16.0 Å². The maximum atomic E-state index is 8.76. The Morgan fingerprint density at radius 3 is 2.56 bits per heavy atom. The number of rotatable bonds is 2. The Labute approximate surface area is 110 Å². The van der Waals surface area contributed by atoms with Crippen molar-refractivity contribution in [2.45, 2.75) is 6.92 Å². The normalized spacial score (nSPS) is 9.89. The molecule has 0 N–H and O–H groups in total. The third-order valence-corrected chi connectivity index (χ3v) is 2.80. The fraction of sp³-hybridized carbons (Fsp3) is 0.154. The Morgan fingerprint density at radius 1 is 1.28 bits per heavy atom. The summed E-state index contributed by atoms with van der Waals surface area (Å²) in [6.45, 7) is 1.92. The zero-order valence-electron chi connectivity index (χ0n) is 10.1. The van der Waals surface area contributed by atoms with Gasteiger partial charge < -0.3 is 4.90 Å². The van der Waals surface area contributed by atoms with E-state index in [1.54, 1.807) is 18.3 Å². The average molecular weight is 259 g/mol. The summed E-state index contributed by atoms with van der Waals surface area (Å²) >= 11 is 5.80. The van der Waals surface area contributed by atoms with Crippen molar-refractivity contribution in [3.8, 4) is 6.07 Å². The number of aromatic nitrogens is 2. The summed E-state index contributed by atoms with van der Waals surface area (Å²) in [6, 6.07) is 9.36. The molecule has 0 aliphatic heterocycles. The number of anilines is 2. The summed E-state index contributed by atoms with van der Waals surface area (Å²) in [6.07, 6.45) is 1.69. The van der Waals surface area contributed by atoms with Crippen molar-refractivity contribution < 1.29 is 0 Å². The molecule has 5 heteroatoms. The molecule has 0 radical (unpaired) electrons. The standard InChI is InChI=1S/C13H11ClN4/c1-9-8-16-13(14)17-12(9)18(2)11-5-3-10(7-15)4-6-11/h3-6,8H,1-2H3. The molecule has 0 unspecified atom stereocenters. The molecule has 90 valence electrons. The second-order valence-electron chi connectivity index (χ2n) is 3.86. The maximum absolute atomic E-state index is 8.76. The highest BCUT2D eigenvalue weighted by atomic mass is 35.5. The summed E-state index contributed by atoms with van der Waals surface area (Å²) in [4.78, 5) is 10.0. The zero-order chi connectivity index (χ0) is 13.1. The predicted octanol–water partition coefficient (Wildman–Crippen LogP) is 3.08. The van der Waals surface area contributed by atoms with Gasteiger partial charge >= 0.3 is 0 Å². The molecule has 0 aliphatic carbocycles. The number of hydrogen-bond acceptors (Lipinski definition) is 4. The Morgan fingerprint density at radius 2 is 1.94 bits per heavy atom. The fourth-order valence-corrected chi connectivity index (χ4v) is 1.76. The van der Waals surface area contributed by atoms with Gasteiger partial charge in [-0.15, -0.1) is 0 Å². The number of hydrogen-bond donors (Lipinski definition) is 0. The first-order chi connectivity index (χ1) is 8.61. The third kappa shape index (κ3) is 2.41. The molecule has 0 aliphatic rings. The summed E-state index contributed by atoms with van der Waals surface area (Å²) < 4.78 is 0. The SMILES string of the molecule is Cc1cnc(Cl)nc1N(C)c1ccc(C#N)cc1. The van der Waals surface area contributed by atoms with E-state index in [0.717, 1.165) is 17.1 Å². The molecule has 0 atom stereocenters. The highest BCUT2D eigenvalue weighted by Crippen LogP contribution is 2.25. The van der Waals surface area contributed by atoms with Crippen LogP contribution < -0.4 is 4.90 Å². The van der Waals surface area contributed by atoms with Crippen LogP contribution in [0.5, 0.6) is 0 Å². The highest BCUT2D eigenvalue weighted by Gasteiger charge is 2.09. The summed E-state index contributed by atoms with van der Waals surface area (Å²) in [5.41, 5.74) is 2.50. The van der Waals surface area contributed by atoms with Crippen LogP contribution >= 0.6 is 11.6 Å². The van der Waals surface area contributed by atoms with Crippen molar-refractivity contribution in [2.75, 3.05) is 11.9 Å². The molecule has 0 fully saturated rings. The first-order valence-electron chi connectivity index (χ1n) is 5.35. The molecule has 0 saturated heterocycles. The van der Waals surface area contributed by atoms with E-state index in [-0.39, 0.29) is 5.28 Å². The molecular formula is C13H11ClN4. The number of aryl methyl sites for hydroxylation is 1. The lowest BCUT2D eigenvalue weighted by Gasteiger charge is -2.20. The summed E-state index contributed by atoms with van der Waals surface area (Å²) in [5.74, 6) is 0.750. The minimum atomic E-state index is 0.219. The van der Waals surface area contributed by atoms with Gasteiger partial charge in [0.05, 0.1) is 11.6 Å². The van der Waals surface area contributed by atoms with Crippen LogP contribution in [0.1, 0.15) is 11.1 Å². The molecule has 0 spiro atoms. The monoisotopic (exact) mass is 258 g/mol. The van der Waals surface area contributed by atoms with Crippen LogP contribution in [0.2, 0.25) is 5.28 Å². The van der Waals surface area contributed by atoms with Gasteiger partial charge in [-0.05, 0) is 42.8 Å². The molecule has 0 amide bonds. The zero-order valence-corrected chi connectivity index (χ0v) is 10.8. The largest absolute Gasteiger partial charge is 0.329 e. The van der Waals surface area contributed by atoms with Crippen molar-refractivity contribution in [3.05, 3.63) is 46.9 Å². The minimum Gasteiger partial charge on any atom is -0.329 e.